The van der Waals surface area contributed by atoms with E-state index in [9.17, 15) is 18.0 Å². The zero-order valence-electron chi connectivity index (χ0n) is 7.67. The number of carboxylic acid groups (broad SMARTS) is 1. The van der Waals surface area contributed by atoms with Crippen LogP contribution < -0.4 is 0 Å². The molecule has 0 unspecified atom stereocenters. The zero-order chi connectivity index (χ0) is 11.9. The fourth-order valence-electron chi connectivity index (χ4n) is 1.46. The van der Waals surface area contributed by atoms with Gasteiger partial charge in [0.15, 0.2) is 0 Å². The quantitative estimate of drug-likeness (QED) is 0.789. The fourth-order valence-corrected chi connectivity index (χ4v) is 1.46. The Morgan fingerprint density at radius 1 is 1.44 bits per heavy atom. The Morgan fingerprint density at radius 3 is 2.69 bits per heavy atom. The van der Waals surface area contributed by atoms with E-state index >= 15 is 0 Å². The Kier molecular flexibility index (Phi) is 2.11. The number of nitrogens with zero attached hydrogens (tertiary/aromatic N) is 1. The smallest absolute Gasteiger partial charge is 0.417 e. The van der Waals surface area contributed by atoms with Gasteiger partial charge in [0.05, 0.1) is 11.1 Å². The number of fused-ring (bicyclic) bond motifs is 1. The van der Waals surface area contributed by atoms with Crippen molar-refractivity contribution < 1.29 is 23.1 Å². The van der Waals surface area contributed by atoms with Crippen LogP contribution in [0.3, 0.4) is 0 Å². The van der Waals surface area contributed by atoms with Crippen LogP contribution in [0.5, 0.6) is 0 Å². The van der Waals surface area contributed by atoms with Gasteiger partial charge < -0.3 is 10.1 Å². The lowest BCUT2D eigenvalue weighted by molar-refractivity contribution is -0.136. The molecule has 0 aliphatic carbocycles. The first-order valence-electron chi connectivity index (χ1n) is 4.18. The third-order valence-corrected chi connectivity index (χ3v) is 2.11. The van der Waals surface area contributed by atoms with E-state index in [-0.39, 0.29) is 5.65 Å². The van der Waals surface area contributed by atoms with Crippen LogP contribution in [0.15, 0.2) is 18.5 Å². The molecule has 0 atom stereocenters. The number of alkyl halides is 3. The van der Waals surface area contributed by atoms with Crippen LogP contribution in [-0.2, 0) is 6.18 Å². The van der Waals surface area contributed by atoms with E-state index in [0.29, 0.717) is 0 Å². The molecule has 0 aromatic carbocycles. The minimum absolute atomic E-state index is 0.0905. The number of aromatic amines is 1. The number of halogens is 3. The van der Waals surface area contributed by atoms with Crippen molar-refractivity contribution in [1.82, 2.24) is 9.97 Å². The van der Waals surface area contributed by atoms with E-state index in [1.54, 1.807) is 0 Å². The molecule has 2 aromatic rings. The SMILES string of the molecule is O=C(O)c1c[nH]c2nccc(C(F)(F)F)c12. The van der Waals surface area contributed by atoms with Gasteiger partial charge in [-0.05, 0) is 6.07 Å². The van der Waals surface area contributed by atoms with Crippen LogP contribution >= 0.6 is 0 Å². The number of rotatable bonds is 1. The number of pyridine rings is 1. The molecule has 0 fully saturated rings. The molecule has 0 saturated carbocycles. The van der Waals surface area contributed by atoms with Gasteiger partial charge in [-0.15, -0.1) is 0 Å². The second kappa shape index (κ2) is 3.22. The number of nitrogens with one attached hydrogen (secondary N) is 1. The summed E-state index contributed by atoms with van der Waals surface area (Å²) < 4.78 is 37.8. The molecular weight excluding hydrogens is 225 g/mol. The number of hydrogen-bond acceptors (Lipinski definition) is 2. The van der Waals surface area contributed by atoms with E-state index in [1.807, 2.05) is 0 Å². The highest BCUT2D eigenvalue weighted by Gasteiger charge is 2.34. The van der Waals surface area contributed by atoms with Gasteiger partial charge in [0.2, 0.25) is 0 Å². The molecule has 2 N–H and O–H groups in total. The number of carboxylic acids is 1. The Morgan fingerprint density at radius 2 is 2.12 bits per heavy atom. The predicted molar refractivity (Wildman–Crippen MR) is 48.1 cm³/mol. The third kappa shape index (κ3) is 1.50. The maximum absolute atomic E-state index is 12.6. The highest BCUT2D eigenvalue weighted by atomic mass is 19.4. The molecule has 2 aromatic heterocycles. The summed E-state index contributed by atoms with van der Waals surface area (Å²) in [5, 5.41) is 8.33. The summed E-state index contributed by atoms with van der Waals surface area (Å²) in [6, 6.07) is 0.753. The van der Waals surface area contributed by atoms with E-state index in [0.717, 1.165) is 18.5 Å². The average Bonchev–Trinajstić information content (AvgIpc) is 2.58. The van der Waals surface area contributed by atoms with Crippen LogP contribution in [0, 0.1) is 0 Å². The van der Waals surface area contributed by atoms with Crippen molar-refractivity contribution in [1.29, 1.82) is 0 Å². The number of hydrogen-bond donors (Lipinski definition) is 2. The molecule has 84 valence electrons. The van der Waals surface area contributed by atoms with E-state index in [1.165, 1.54) is 0 Å². The Balaban J connectivity index is 2.84. The summed E-state index contributed by atoms with van der Waals surface area (Å²) in [6.07, 6.45) is -2.63. The summed E-state index contributed by atoms with van der Waals surface area (Å²) in [7, 11) is 0. The largest absolute Gasteiger partial charge is 0.478 e. The first-order chi connectivity index (χ1) is 7.41. The first kappa shape index (κ1) is 10.5. The summed E-state index contributed by atoms with van der Waals surface area (Å²) >= 11 is 0. The molecule has 0 aliphatic rings. The van der Waals surface area contributed by atoms with Gasteiger partial charge in [-0.2, -0.15) is 13.2 Å². The summed E-state index contributed by atoms with van der Waals surface area (Å²) in [5.41, 5.74) is -1.53. The number of H-pyrrole nitrogens is 1. The molecule has 0 spiro atoms. The van der Waals surface area contributed by atoms with Gasteiger partial charge >= 0.3 is 12.1 Å². The van der Waals surface area contributed by atoms with Gasteiger partial charge in [0.1, 0.15) is 5.65 Å². The third-order valence-electron chi connectivity index (χ3n) is 2.11. The highest BCUT2D eigenvalue weighted by Crippen LogP contribution is 2.35. The van der Waals surface area contributed by atoms with Crippen molar-refractivity contribution >= 4 is 17.0 Å². The van der Waals surface area contributed by atoms with Gasteiger partial charge in [0, 0.05) is 17.8 Å². The van der Waals surface area contributed by atoms with Gasteiger partial charge in [-0.3, -0.25) is 0 Å². The maximum atomic E-state index is 12.6. The number of aromatic carboxylic acids is 1. The van der Waals surface area contributed by atoms with Crippen molar-refractivity contribution in [3.63, 3.8) is 0 Å². The Bertz CT molecular complexity index is 559. The molecule has 2 rings (SSSR count). The van der Waals surface area contributed by atoms with Crippen molar-refractivity contribution in [2.24, 2.45) is 0 Å². The summed E-state index contributed by atoms with van der Waals surface area (Å²) in [6.45, 7) is 0. The molecule has 7 heteroatoms. The molecule has 0 radical (unpaired) electrons. The maximum Gasteiger partial charge on any atom is 0.417 e. The van der Waals surface area contributed by atoms with Crippen LogP contribution in [-0.4, -0.2) is 21.0 Å². The number of carbonyl (C=O) groups is 1. The van der Waals surface area contributed by atoms with E-state index < -0.39 is 28.7 Å². The molecule has 0 aliphatic heterocycles. The molecule has 2 heterocycles. The molecule has 4 nitrogen and oxygen atoms in total. The van der Waals surface area contributed by atoms with Gasteiger partial charge in [-0.25, -0.2) is 9.78 Å². The minimum Gasteiger partial charge on any atom is -0.478 e. The lowest BCUT2D eigenvalue weighted by Gasteiger charge is -2.07. The lowest BCUT2D eigenvalue weighted by Crippen LogP contribution is -2.07. The molecule has 0 amide bonds. The van der Waals surface area contributed by atoms with Crippen molar-refractivity contribution in [3.8, 4) is 0 Å². The van der Waals surface area contributed by atoms with Crippen LogP contribution in [0.4, 0.5) is 13.2 Å². The zero-order valence-corrected chi connectivity index (χ0v) is 7.67. The van der Waals surface area contributed by atoms with Crippen molar-refractivity contribution in [2.75, 3.05) is 0 Å². The highest BCUT2D eigenvalue weighted by molar-refractivity contribution is 6.03. The normalized spacial score (nSPS) is 11.9. The van der Waals surface area contributed by atoms with Crippen LogP contribution in [0.25, 0.3) is 11.0 Å². The Hall–Kier alpha value is -2.05. The minimum atomic E-state index is -4.60. The van der Waals surface area contributed by atoms with Crippen molar-refractivity contribution in [2.45, 2.75) is 6.18 Å². The number of aromatic nitrogens is 2. The Labute approximate surface area is 86.7 Å². The second-order valence-electron chi connectivity index (χ2n) is 3.09. The summed E-state index contributed by atoms with van der Waals surface area (Å²) in [5.74, 6) is -1.43. The monoisotopic (exact) mass is 230 g/mol. The molecular formula is C9H5F3N2O2. The lowest BCUT2D eigenvalue weighted by atomic mass is 10.1. The standard InChI is InChI=1S/C9H5F3N2O2/c10-9(11,12)5-1-2-13-7-6(5)4(3-14-7)8(15)16/h1-3H,(H,13,14)(H,15,16). The van der Waals surface area contributed by atoms with E-state index in [4.69, 9.17) is 5.11 Å². The molecule has 0 bridgehead atoms. The van der Waals surface area contributed by atoms with Crippen LogP contribution in [0.1, 0.15) is 15.9 Å². The summed E-state index contributed by atoms with van der Waals surface area (Å²) in [4.78, 5) is 16.8. The van der Waals surface area contributed by atoms with Crippen LogP contribution in [0.2, 0.25) is 0 Å². The van der Waals surface area contributed by atoms with Crippen molar-refractivity contribution in [3.05, 3.63) is 29.6 Å². The van der Waals surface area contributed by atoms with Gasteiger partial charge in [0.25, 0.3) is 0 Å². The predicted octanol–water partition coefficient (Wildman–Crippen LogP) is 2.28. The molecule has 0 saturated heterocycles. The second-order valence-corrected chi connectivity index (χ2v) is 3.09. The fraction of sp³-hybridized carbons (Fsp3) is 0.111. The van der Waals surface area contributed by atoms with Gasteiger partial charge in [-0.1, -0.05) is 0 Å². The molecule has 16 heavy (non-hydrogen) atoms. The topological polar surface area (TPSA) is 66.0 Å². The van der Waals surface area contributed by atoms with E-state index in [2.05, 4.69) is 9.97 Å². The average molecular weight is 230 g/mol. The first-order valence-corrected chi connectivity index (χ1v) is 4.18.